The second-order valence-electron chi connectivity index (χ2n) is 4.28. The second kappa shape index (κ2) is 4.44. The Labute approximate surface area is 115 Å². The Hall–Kier alpha value is -2.26. The molecule has 3 aromatic rings. The van der Waals surface area contributed by atoms with Gasteiger partial charge in [-0.05, 0) is 18.2 Å². The summed E-state index contributed by atoms with van der Waals surface area (Å²) in [6, 6.07) is 14.6. The van der Waals surface area contributed by atoms with Crippen LogP contribution in [0.15, 0.2) is 48.5 Å². The summed E-state index contributed by atoms with van der Waals surface area (Å²) < 4.78 is 0. The van der Waals surface area contributed by atoms with Gasteiger partial charge in [-0.15, -0.1) is 0 Å². The predicted molar refractivity (Wildman–Crippen MR) is 77.3 cm³/mol. The van der Waals surface area contributed by atoms with Crippen LogP contribution in [-0.2, 0) is 0 Å². The first-order valence-corrected chi connectivity index (χ1v) is 6.19. The van der Waals surface area contributed by atoms with Crippen molar-refractivity contribution in [3.8, 4) is 5.88 Å². The van der Waals surface area contributed by atoms with Gasteiger partial charge in [-0.2, -0.15) is 0 Å². The van der Waals surface area contributed by atoms with Gasteiger partial charge < -0.3 is 10.1 Å². The van der Waals surface area contributed by atoms with Gasteiger partial charge in [0, 0.05) is 21.5 Å². The Bertz CT molecular complexity index is 777. The molecule has 0 aliphatic carbocycles. The zero-order valence-corrected chi connectivity index (χ0v) is 10.7. The van der Waals surface area contributed by atoms with Gasteiger partial charge in [-0.1, -0.05) is 41.9 Å². The van der Waals surface area contributed by atoms with Gasteiger partial charge in [0.25, 0.3) is 0 Å². The summed E-state index contributed by atoms with van der Waals surface area (Å²) in [5.41, 5.74) is 2.23. The summed E-state index contributed by atoms with van der Waals surface area (Å²) in [6.45, 7) is 0. The molecule has 2 aromatic carbocycles. The van der Waals surface area contributed by atoms with Crippen molar-refractivity contribution in [1.29, 1.82) is 5.41 Å². The molecule has 0 aliphatic heterocycles. The Morgan fingerprint density at radius 1 is 1.11 bits per heavy atom. The maximum Gasteiger partial charge on any atom is 0.199 e. The Kier molecular flexibility index (Phi) is 2.76. The molecule has 1 aromatic heterocycles. The van der Waals surface area contributed by atoms with Crippen LogP contribution in [0.1, 0.15) is 11.1 Å². The first-order valence-electron chi connectivity index (χ1n) is 5.81. The lowest BCUT2D eigenvalue weighted by Gasteiger charge is -2.04. The van der Waals surface area contributed by atoms with Crippen molar-refractivity contribution < 1.29 is 5.11 Å². The summed E-state index contributed by atoms with van der Waals surface area (Å²) in [6.07, 6.45) is 0. The molecule has 0 radical (unpaired) electrons. The third-order valence-corrected chi connectivity index (χ3v) is 3.28. The van der Waals surface area contributed by atoms with Gasteiger partial charge in [0.2, 0.25) is 0 Å². The lowest BCUT2D eigenvalue weighted by molar-refractivity contribution is 0.457. The fraction of sp³-hybridized carbons (Fsp3) is 0. The van der Waals surface area contributed by atoms with E-state index in [1.807, 2.05) is 24.3 Å². The smallest absolute Gasteiger partial charge is 0.199 e. The number of benzene rings is 2. The van der Waals surface area contributed by atoms with Crippen LogP contribution in [0, 0.1) is 5.41 Å². The minimum atomic E-state index is 0.00572. The normalized spacial score (nSPS) is 10.8. The van der Waals surface area contributed by atoms with Crippen LogP contribution >= 0.6 is 11.6 Å². The van der Waals surface area contributed by atoms with Crippen LogP contribution in [0.3, 0.4) is 0 Å². The van der Waals surface area contributed by atoms with Crippen molar-refractivity contribution in [2.45, 2.75) is 0 Å². The van der Waals surface area contributed by atoms with Crippen molar-refractivity contribution >= 4 is 28.2 Å². The van der Waals surface area contributed by atoms with Crippen LogP contribution in [0.2, 0.25) is 5.02 Å². The fourth-order valence-electron chi connectivity index (χ4n) is 2.17. The van der Waals surface area contributed by atoms with Crippen molar-refractivity contribution in [2.24, 2.45) is 0 Å². The van der Waals surface area contributed by atoms with Crippen LogP contribution in [0.5, 0.6) is 5.88 Å². The molecule has 0 amide bonds. The van der Waals surface area contributed by atoms with Crippen LogP contribution in [-0.4, -0.2) is 15.8 Å². The third kappa shape index (κ3) is 1.98. The lowest BCUT2D eigenvalue weighted by atomic mass is 10.0. The number of H-pyrrole nitrogens is 1. The molecule has 0 atom stereocenters. The molecule has 19 heavy (non-hydrogen) atoms. The molecule has 1 heterocycles. The number of nitrogens with one attached hydrogen (secondary N) is 2. The molecule has 0 fully saturated rings. The van der Waals surface area contributed by atoms with Crippen LogP contribution < -0.4 is 0 Å². The van der Waals surface area contributed by atoms with E-state index in [-0.39, 0.29) is 11.6 Å². The van der Waals surface area contributed by atoms with Crippen molar-refractivity contribution in [2.75, 3.05) is 0 Å². The highest BCUT2D eigenvalue weighted by Gasteiger charge is 2.16. The molecular formula is C15H11ClN2O. The Morgan fingerprint density at radius 2 is 1.89 bits per heavy atom. The summed E-state index contributed by atoms with van der Waals surface area (Å²) in [7, 11) is 0. The van der Waals surface area contributed by atoms with E-state index in [0.717, 1.165) is 10.9 Å². The Morgan fingerprint density at radius 3 is 2.68 bits per heavy atom. The van der Waals surface area contributed by atoms with E-state index in [0.29, 0.717) is 16.1 Å². The van der Waals surface area contributed by atoms with E-state index in [1.165, 1.54) is 0 Å². The first kappa shape index (κ1) is 11.8. The second-order valence-corrected chi connectivity index (χ2v) is 4.72. The summed E-state index contributed by atoms with van der Waals surface area (Å²) in [5, 5.41) is 19.7. The largest absolute Gasteiger partial charge is 0.494 e. The third-order valence-electron chi connectivity index (χ3n) is 3.05. The lowest BCUT2D eigenvalue weighted by Crippen LogP contribution is -2.00. The number of rotatable bonds is 2. The maximum absolute atomic E-state index is 10.0. The van der Waals surface area contributed by atoms with Gasteiger partial charge in [0.05, 0.1) is 11.3 Å². The monoisotopic (exact) mass is 270 g/mol. The standard InChI is InChI=1S/C15H11ClN2O/c16-10-5-3-4-9(8-10)14(17)13-11-6-1-2-7-12(11)18-15(13)19/h1-8,17-19H. The number of aromatic hydroxyl groups is 1. The molecule has 0 saturated carbocycles. The van der Waals surface area contributed by atoms with Gasteiger partial charge in [0.15, 0.2) is 5.88 Å². The minimum Gasteiger partial charge on any atom is -0.494 e. The fourth-order valence-corrected chi connectivity index (χ4v) is 2.36. The number of fused-ring (bicyclic) bond motifs is 1. The van der Waals surface area contributed by atoms with E-state index in [1.54, 1.807) is 24.3 Å². The maximum atomic E-state index is 10.0. The number of halogens is 1. The molecule has 0 saturated heterocycles. The van der Waals surface area contributed by atoms with Gasteiger partial charge in [-0.25, -0.2) is 0 Å². The topological polar surface area (TPSA) is 59.9 Å². The average Bonchev–Trinajstić information content (AvgIpc) is 2.74. The zero-order chi connectivity index (χ0) is 13.4. The number of hydrogen-bond acceptors (Lipinski definition) is 2. The average molecular weight is 271 g/mol. The Balaban J connectivity index is 2.19. The van der Waals surface area contributed by atoms with Gasteiger partial charge in [0.1, 0.15) is 0 Å². The van der Waals surface area contributed by atoms with Crippen molar-refractivity contribution in [3.63, 3.8) is 0 Å². The SMILES string of the molecule is N=C(c1cccc(Cl)c1)c1c(O)[nH]c2ccccc12. The molecule has 3 rings (SSSR count). The molecule has 3 N–H and O–H groups in total. The zero-order valence-electron chi connectivity index (χ0n) is 9.94. The number of para-hydroxylation sites is 1. The van der Waals surface area contributed by atoms with E-state index in [9.17, 15) is 5.11 Å². The molecular weight excluding hydrogens is 260 g/mol. The number of aromatic nitrogens is 1. The highest BCUT2D eigenvalue weighted by molar-refractivity contribution is 6.31. The molecule has 0 unspecified atom stereocenters. The van der Waals surface area contributed by atoms with Gasteiger partial charge in [-0.3, -0.25) is 5.41 Å². The first-order chi connectivity index (χ1) is 9.16. The van der Waals surface area contributed by atoms with Crippen molar-refractivity contribution in [3.05, 3.63) is 64.7 Å². The van der Waals surface area contributed by atoms with E-state index in [2.05, 4.69) is 4.98 Å². The van der Waals surface area contributed by atoms with Crippen LogP contribution in [0.4, 0.5) is 0 Å². The minimum absolute atomic E-state index is 0.00572. The molecule has 94 valence electrons. The highest BCUT2D eigenvalue weighted by Crippen LogP contribution is 2.29. The highest BCUT2D eigenvalue weighted by atomic mass is 35.5. The number of hydrogen-bond donors (Lipinski definition) is 3. The quantitative estimate of drug-likeness (QED) is 0.607. The molecule has 0 aliphatic rings. The predicted octanol–water partition coefficient (Wildman–Crippen LogP) is 3.94. The van der Waals surface area contributed by atoms with E-state index < -0.39 is 0 Å². The summed E-state index contributed by atoms with van der Waals surface area (Å²) in [5.74, 6) is 0.00572. The van der Waals surface area contributed by atoms with Gasteiger partial charge >= 0.3 is 0 Å². The van der Waals surface area contributed by atoms with E-state index in [4.69, 9.17) is 17.0 Å². The number of aromatic amines is 1. The summed E-state index contributed by atoms with van der Waals surface area (Å²) in [4.78, 5) is 2.87. The summed E-state index contributed by atoms with van der Waals surface area (Å²) >= 11 is 5.94. The molecule has 3 nitrogen and oxygen atoms in total. The van der Waals surface area contributed by atoms with Crippen molar-refractivity contribution in [1.82, 2.24) is 4.98 Å². The molecule has 4 heteroatoms. The molecule has 0 spiro atoms. The van der Waals surface area contributed by atoms with E-state index >= 15 is 0 Å². The molecule has 0 bridgehead atoms. The van der Waals surface area contributed by atoms with Crippen LogP contribution in [0.25, 0.3) is 10.9 Å².